The molecule has 0 aromatic heterocycles. The van der Waals surface area contributed by atoms with Crippen LogP contribution in [0, 0.1) is 0 Å². The van der Waals surface area contributed by atoms with E-state index < -0.39 is 5.97 Å². The van der Waals surface area contributed by atoms with Crippen molar-refractivity contribution in [2.24, 2.45) is 0 Å². The van der Waals surface area contributed by atoms with E-state index in [-0.39, 0.29) is 5.91 Å². The topological polar surface area (TPSA) is 55.4 Å². The molecule has 21 heavy (non-hydrogen) atoms. The van der Waals surface area contributed by atoms with E-state index >= 15 is 0 Å². The first kappa shape index (κ1) is 15.5. The van der Waals surface area contributed by atoms with Gasteiger partial charge < -0.3 is 10.1 Å². The Morgan fingerprint density at radius 2 is 1.95 bits per heavy atom. The molecule has 4 nitrogen and oxygen atoms in total. The molecular formula is C15H11BrClNO3. The smallest absolute Gasteiger partial charge is 0.343 e. The van der Waals surface area contributed by atoms with Crippen molar-refractivity contribution >= 4 is 45.1 Å². The first-order valence-corrected chi connectivity index (χ1v) is 7.17. The van der Waals surface area contributed by atoms with Crippen LogP contribution in [0.1, 0.15) is 17.3 Å². The van der Waals surface area contributed by atoms with Gasteiger partial charge in [0, 0.05) is 17.6 Å². The largest absolute Gasteiger partial charge is 0.422 e. The quantitative estimate of drug-likeness (QED) is 0.650. The molecule has 0 heterocycles. The summed E-state index contributed by atoms with van der Waals surface area (Å²) < 4.78 is 5.87. The molecule has 108 valence electrons. The van der Waals surface area contributed by atoms with E-state index in [9.17, 15) is 9.59 Å². The molecule has 0 bridgehead atoms. The number of carbonyl (C=O) groups excluding carboxylic acids is 2. The number of halogens is 2. The lowest BCUT2D eigenvalue weighted by Gasteiger charge is -2.08. The van der Waals surface area contributed by atoms with Crippen molar-refractivity contribution in [2.75, 3.05) is 5.32 Å². The maximum Gasteiger partial charge on any atom is 0.343 e. The summed E-state index contributed by atoms with van der Waals surface area (Å²) in [6, 6.07) is 11.4. The standard InChI is InChI=1S/C15H11BrClNO3/c1-9(19)18-12-4-2-3-10(7-12)15(20)21-14-6-5-11(17)8-13(14)16/h2-8H,1H3,(H,18,19). The average Bonchev–Trinajstić information content (AvgIpc) is 2.41. The monoisotopic (exact) mass is 367 g/mol. The van der Waals surface area contributed by atoms with Gasteiger partial charge in [0.2, 0.25) is 5.91 Å². The van der Waals surface area contributed by atoms with E-state index in [0.717, 1.165) is 0 Å². The summed E-state index contributed by atoms with van der Waals surface area (Å²) >= 11 is 9.11. The van der Waals surface area contributed by atoms with E-state index in [1.807, 2.05) is 0 Å². The van der Waals surface area contributed by atoms with Crippen molar-refractivity contribution in [3.05, 3.63) is 57.5 Å². The van der Waals surface area contributed by atoms with Crippen molar-refractivity contribution in [1.82, 2.24) is 0 Å². The molecule has 0 aliphatic rings. The zero-order valence-electron chi connectivity index (χ0n) is 11.0. The molecule has 1 amide bonds. The van der Waals surface area contributed by atoms with Crippen LogP contribution in [0.4, 0.5) is 5.69 Å². The third-order valence-electron chi connectivity index (χ3n) is 2.52. The molecule has 1 N–H and O–H groups in total. The molecule has 0 fully saturated rings. The van der Waals surface area contributed by atoms with Crippen LogP contribution in [0.2, 0.25) is 5.02 Å². The molecule has 0 radical (unpaired) electrons. The first-order valence-electron chi connectivity index (χ1n) is 6.00. The molecule has 0 unspecified atom stereocenters. The number of amides is 1. The SMILES string of the molecule is CC(=O)Nc1cccc(C(=O)Oc2ccc(Cl)cc2Br)c1. The van der Waals surface area contributed by atoms with Gasteiger partial charge in [0.15, 0.2) is 0 Å². The highest BCUT2D eigenvalue weighted by molar-refractivity contribution is 9.10. The van der Waals surface area contributed by atoms with E-state index in [2.05, 4.69) is 21.2 Å². The maximum atomic E-state index is 12.1. The molecule has 0 aliphatic heterocycles. The normalized spacial score (nSPS) is 10.0. The highest BCUT2D eigenvalue weighted by Gasteiger charge is 2.12. The summed E-state index contributed by atoms with van der Waals surface area (Å²) in [6.45, 7) is 1.40. The zero-order valence-corrected chi connectivity index (χ0v) is 13.4. The summed E-state index contributed by atoms with van der Waals surface area (Å²) in [7, 11) is 0. The summed E-state index contributed by atoms with van der Waals surface area (Å²) in [5, 5.41) is 3.15. The number of nitrogens with one attached hydrogen (secondary N) is 1. The van der Waals surface area contributed by atoms with Gasteiger partial charge in [-0.3, -0.25) is 4.79 Å². The summed E-state index contributed by atoms with van der Waals surface area (Å²) in [5.41, 5.74) is 0.871. The van der Waals surface area contributed by atoms with Crippen LogP contribution in [0.25, 0.3) is 0 Å². The van der Waals surface area contributed by atoms with E-state index in [1.165, 1.54) is 6.92 Å². The number of rotatable bonds is 3. The molecule has 6 heteroatoms. The Kier molecular flexibility index (Phi) is 4.98. The predicted molar refractivity (Wildman–Crippen MR) is 84.9 cm³/mol. The van der Waals surface area contributed by atoms with E-state index in [0.29, 0.717) is 26.5 Å². The molecule has 2 rings (SSSR count). The number of carbonyl (C=O) groups is 2. The average molecular weight is 369 g/mol. The van der Waals surface area contributed by atoms with Gasteiger partial charge in [-0.15, -0.1) is 0 Å². The molecule has 0 atom stereocenters. The maximum absolute atomic E-state index is 12.1. The minimum Gasteiger partial charge on any atom is -0.422 e. The van der Waals surface area contributed by atoms with E-state index in [4.69, 9.17) is 16.3 Å². The van der Waals surface area contributed by atoms with Gasteiger partial charge in [-0.1, -0.05) is 17.7 Å². The minimum atomic E-state index is -0.523. The van der Waals surface area contributed by atoms with Gasteiger partial charge in [-0.05, 0) is 52.3 Å². The Hall–Kier alpha value is -1.85. The second kappa shape index (κ2) is 6.74. The van der Waals surface area contributed by atoms with Gasteiger partial charge in [0.25, 0.3) is 0 Å². The summed E-state index contributed by atoms with van der Waals surface area (Å²) in [6.07, 6.45) is 0. The molecule has 0 spiro atoms. The fourth-order valence-electron chi connectivity index (χ4n) is 1.64. The zero-order chi connectivity index (χ0) is 15.4. The molecule has 0 saturated carbocycles. The third-order valence-corrected chi connectivity index (χ3v) is 3.37. The number of benzene rings is 2. The highest BCUT2D eigenvalue weighted by Crippen LogP contribution is 2.28. The summed E-state index contributed by atoms with van der Waals surface area (Å²) in [5.74, 6) is -0.361. The number of hydrogen-bond donors (Lipinski definition) is 1. The molecule has 0 aliphatic carbocycles. The lowest BCUT2D eigenvalue weighted by molar-refractivity contribution is -0.114. The van der Waals surface area contributed by atoms with Crippen molar-refractivity contribution in [1.29, 1.82) is 0 Å². The van der Waals surface area contributed by atoms with Crippen LogP contribution in [0.5, 0.6) is 5.75 Å². The Morgan fingerprint density at radius 1 is 1.19 bits per heavy atom. The Labute approximate surface area is 135 Å². The van der Waals surface area contributed by atoms with Gasteiger partial charge in [-0.2, -0.15) is 0 Å². The third kappa shape index (κ3) is 4.31. The lowest BCUT2D eigenvalue weighted by Crippen LogP contribution is -2.11. The molecular weight excluding hydrogens is 358 g/mol. The van der Waals surface area contributed by atoms with Crippen LogP contribution >= 0.6 is 27.5 Å². The van der Waals surface area contributed by atoms with Crippen LogP contribution in [0.15, 0.2) is 46.9 Å². The highest BCUT2D eigenvalue weighted by atomic mass is 79.9. The second-order valence-electron chi connectivity index (χ2n) is 4.23. The number of esters is 1. The lowest BCUT2D eigenvalue weighted by atomic mass is 10.2. The fraction of sp³-hybridized carbons (Fsp3) is 0.0667. The number of ether oxygens (including phenoxy) is 1. The van der Waals surface area contributed by atoms with Crippen molar-refractivity contribution < 1.29 is 14.3 Å². The predicted octanol–water partition coefficient (Wildman–Crippen LogP) is 4.28. The molecule has 2 aromatic rings. The second-order valence-corrected chi connectivity index (χ2v) is 5.52. The van der Waals surface area contributed by atoms with Crippen molar-refractivity contribution in [3.63, 3.8) is 0 Å². The molecule has 0 saturated heterocycles. The van der Waals surface area contributed by atoms with Crippen molar-refractivity contribution in [2.45, 2.75) is 6.92 Å². The first-order chi connectivity index (χ1) is 9.95. The number of anilines is 1. The Bertz CT molecular complexity index is 703. The Balaban J connectivity index is 2.18. The molecule has 2 aromatic carbocycles. The van der Waals surface area contributed by atoms with Gasteiger partial charge >= 0.3 is 5.97 Å². The van der Waals surface area contributed by atoms with Crippen LogP contribution < -0.4 is 10.1 Å². The van der Waals surface area contributed by atoms with Crippen LogP contribution in [-0.2, 0) is 4.79 Å². The summed E-state index contributed by atoms with van der Waals surface area (Å²) in [4.78, 5) is 23.1. The van der Waals surface area contributed by atoms with Crippen molar-refractivity contribution in [3.8, 4) is 5.75 Å². The van der Waals surface area contributed by atoms with Crippen LogP contribution in [0.3, 0.4) is 0 Å². The number of hydrogen-bond acceptors (Lipinski definition) is 3. The minimum absolute atomic E-state index is 0.207. The Morgan fingerprint density at radius 3 is 2.62 bits per heavy atom. The fourth-order valence-corrected chi connectivity index (χ4v) is 2.41. The van der Waals surface area contributed by atoms with E-state index in [1.54, 1.807) is 42.5 Å². The van der Waals surface area contributed by atoms with Gasteiger partial charge in [0.1, 0.15) is 5.75 Å². The van der Waals surface area contributed by atoms with Gasteiger partial charge in [-0.25, -0.2) is 4.79 Å². The van der Waals surface area contributed by atoms with Gasteiger partial charge in [0.05, 0.1) is 10.0 Å². The van der Waals surface area contributed by atoms with Crippen LogP contribution in [-0.4, -0.2) is 11.9 Å².